The number of amides is 2. The van der Waals surface area contributed by atoms with E-state index in [1.54, 1.807) is 23.5 Å². The van der Waals surface area contributed by atoms with Crippen molar-refractivity contribution in [2.75, 3.05) is 20.6 Å². The molecule has 0 unspecified atom stereocenters. The maximum atomic E-state index is 12.8. The Bertz CT molecular complexity index is 584. The maximum absolute atomic E-state index is 12.8. The Balaban J connectivity index is 1.80. The quantitative estimate of drug-likeness (QED) is 0.859. The molecule has 1 heterocycles. The number of nitrogens with zero attached hydrogens (tertiary/aromatic N) is 1. The summed E-state index contributed by atoms with van der Waals surface area (Å²) in [6, 6.07) is 8.05. The molecule has 2 amide bonds. The molecule has 0 fully saturated rings. The van der Waals surface area contributed by atoms with E-state index in [1.807, 2.05) is 19.5 Å². The van der Waals surface area contributed by atoms with E-state index >= 15 is 0 Å². The Labute approximate surface area is 134 Å². The van der Waals surface area contributed by atoms with Crippen molar-refractivity contribution in [3.8, 4) is 0 Å². The average Bonchev–Trinajstić information content (AvgIpc) is 3.00. The summed E-state index contributed by atoms with van der Waals surface area (Å²) in [5.41, 5.74) is 2.05. The minimum atomic E-state index is -0.280. The minimum Gasteiger partial charge on any atom is -0.336 e. The first-order valence-electron chi connectivity index (χ1n) is 7.01. The van der Waals surface area contributed by atoms with Crippen molar-refractivity contribution in [1.29, 1.82) is 0 Å². The Kier molecular flexibility index (Phi) is 5.91. The topological polar surface area (TPSA) is 44.4 Å². The molecule has 0 saturated carbocycles. The van der Waals surface area contributed by atoms with Crippen LogP contribution >= 0.6 is 11.3 Å². The highest BCUT2D eigenvalue weighted by molar-refractivity contribution is 7.07. The van der Waals surface area contributed by atoms with Gasteiger partial charge in [0.25, 0.3) is 0 Å². The highest BCUT2D eigenvalue weighted by Crippen LogP contribution is 2.19. The van der Waals surface area contributed by atoms with E-state index in [-0.39, 0.29) is 17.9 Å². The molecular weight excluding hydrogens is 301 g/mol. The highest BCUT2D eigenvalue weighted by Gasteiger charge is 2.15. The molecule has 1 atom stereocenters. The van der Waals surface area contributed by atoms with Crippen LogP contribution in [0.1, 0.15) is 17.2 Å². The smallest absolute Gasteiger partial charge is 0.315 e. The number of thiophene rings is 1. The van der Waals surface area contributed by atoms with Gasteiger partial charge in [-0.25, -0.2) is 9.18 Å². The van der Waals surface area contributed by atoms with Crippen LogP contribution in [0.5, 0.6) is 0 Å². The van der Waals surface area contributed by atoms with Crippen LogP contribution in [0.25, 0.3) is 0 Å². The standard InChI is InChI=1S/C16H20FN3OS/c1-20(2)15(13-7-8-22-11-13)10-19-16(21)18-9-12-3-5-14(17)6-4-12/h3-8,11,15H,9-10H2,1-2H3,(H2,18,19,21)/t15-/m0/s1. The molecule has 6 heteroatoms. The SMILES string of the molecule is CN(C)[C@@H](CNC(=O)NCc1ccc(F)cc1)c1ccsc1. The molecule has 2 N–H and O–H groups in total. The molecule has 0 bridgehead atoms. The van der Waals surface area contributed by atoms with Crippen molar-refractivity contribution in [1.82, 2.24) is 15.5 Å². The second-order valence-electron chi connectivity index (χ2n) is 5.23. The largest absolute Gasteiger partial charge is 0.336 e. The van der Waals surface area contributed by atoms with Gasteiger partial charge in [-0.3, -0.25) is 0 Å². The number of nitrogens with one attached hydrogen (secondary N) is 2. The molecule has 22 heavy (non-hydrogen) atoms. The lowest BCUT2D eigenvalue weighted by molar-refractivity contribution is 0.232. The number of halogens is 1. The summed E-state index contributed by atoms with van der Waals surface area (Å²) in [6.07, 6.45) is 0. The third kappa shape index (κ3) is 4.82. The van der Waals surface area contributed by atoms with Crippen LogP contribution in [0, 0.1) is 5.82 Å². The lowest BCUT2D eigenvalue weighted by Gasteiger charge is -2.24. The molecule has 2 aromatic rings. The number of carbonyl (C=O) groups is 1. The molecule has 118 valence electrons. The van der Waals surface area contributed by atoms with Gasteiger partial charge in [0.1, 0.15) is 5.82 Å². The summed E-state index contributed by atoms with van der Waals surface area (Å²) in [5.74, 6) is -0.280. The summed E-state index contributed by atoms with van der Waals surface area (Å²) in [5, 5.41) is 9.76. The molecule has 1 aromatic carbocycles. The zero-order valence-corrected chi connectivity index (χ0v) is 13.5. The van der Waals surface area contributed by atoms with E-state index in [9.17, 15) is 9.18 Å². The summed E-state index contributed by atoms with van der Waals surface area (Å²) in [6.45, 7) is 0.899. The van der Waals surface area contributed by atoms with Crippen molar-refractivity contribution < 1.29 is 9.18 Å². The molecule has 2 rings (SSSR count). The van der Waals surface area contributed by atoms with Crippen molar-refractivity contribution in [2.45, 2.75) is 12.6 Å². The molecule has 4 nitrogen and oxygen atoms in total. The number of benzene rings is 1. The molecule has 0 spiro atoms. The number of likely N-dealkylation sites (N-methyl/N-ethyl adjacent to an activating group) is 1. The van der Waals surface area contributed by atoms with Crippen LogP contribution < -0.4 is 10.6 Å². The molecule has 0 saturated heterocycles. The zero-order chi connectivity index (χ0) is 15.9. The van der Waals surface area contributed by atoms with E-state index in [0.717, 1.165) is 5.56 Å². The fourth-order valence-electron chi connectivity index (χ4n) is 2.10. The summed E-state index contributed by atoms with van der Waals surface area (Å²) >= 11 is 1.64. The number of hydrogen-bond acceptors (Lipinski definition) is 3. The Morgan fingerprint density at radius 3 is 2.55 bits per heavy atom. The third-order valence-electron chi connectivity index (χ3n) is 3.37. The number of rotatable bonds is 6. The molecular formula is C16H20FN3OS. The third-order valence-corrected chi connectivity index (χ3v) is 4.08. The van der Waals surface area contributed by atoms with Crippen molar-refractivity contribution in [3.05, 3.63) is 58.0 Å². The second kappa shape index (κ2) is 7.91. The number of urea groups is 1. The van der Waals surface area contributed by atoms with Crippen LogP contribution in [-0.4, -0.2) is 31.6 Å². The van der Waals surface area contributed by atoms with E-state index < -0.39 is 0 Å². The van der Waals surface area contributed by atoms with Gasteiger partial charge in [0.05, 0.1) is 6.04 Å². The van der Waals surface area contributed by atoms with E-state index in [2.05, 4.69) is 27.0 Å². The number of hydrogen-bond donors (Lipinski definition) is 2. The van der Waals surface area contributed by atoms with Crippen molar-refractivity contribution in [3.63, 3.8) is 0 Å². The van der Waals surface area contributed by atoms with Crippen molar-refractivity contribution in [2.24, 2.45) is 0 Å². The zero-order valence-electron chi connectivity index (χ0n) is 12.7. The predicted molar refractivity (Wildman–Crippen MR) is 87.4 cm³/mol. The summed E-state index contributed by atoms with van der Waals surface area (Å²) < 4.78 is 12.8. The number of carbonyl (C=O) groups excluding carboxylic acids is 1. The van der Waals surface area contributed by atoms with Crippen LogP contribution in [0.2, 0.25) is 0 Å². The molecule has 0 radical (unpaired) electrons. The monoisotopic (exact) mass is 321 g/mol. The summed E-state index contributed by atoms with van der Waals surface area (Å²) in [4.78, 5) is 13.9. The van der Waals surface area contributed by atoms with E-state index in [0.29, 0.717) is 13.1 Å². The molecule has 0 aliphatic heterocycles. The normalized spacial score (nSPS) is 12.2. The molecule has 0 aliphatic rings. The maximum Gasteiger partial charge on any atom is 0.315 e. The predicted octanol–water partition coefficient (Wildman–Crippen LogP) is 2.99. The summed E-state index contributed by atoms with van der Waals surface area (Å²) in [7, 11) is 3.97. The lowest BCUT2D eigenvalue weighted by Crippen LogP contribution is -2.40. The molecule has 1 aromatic heterocycles. The van der Waals surface area contributed by atoms with Crippen LogP contribution in [0.3, 0.4) is 0 Å². The Hall–Kier alpha value is -1.92. The average molecular weight is 321 g/mol. The van der Waals surface area contributed by atoms with E-state index in [1.165, 1.54) is 17.7 Å². The highest BCUT2D eigenvalue weighted by atomic mass is 32.1. The van der Waals surface area contributed by atoms with Gasteiger partial charge in [0.2, 0.25) is 0 Å². The van der Waals surface area contributed by atoms with Crippen LogP contribution in [0.15, 0.2) is 41.1 Å². The first kappa shape index (κ1) is 16.5. The van der Waals surface area contributed by atoms with Gasteiger partial charge in [-0.05, 0) is 54.2 Å². The van der Waals surface area contributed by atoms with Gasteiger partial charge in [-0.1, -0.05) is 12.1 Å². The van der Waals surface area contributed by atoms with Gasteiger partial charge >= 0.3 is 6.03 Å². The first-order valence-corrected chi connectivity index (χ1v) is 7.95. The Morgan fingerprint density at radius 2 is 1.95 bits per heavy atom. The van der Waals surface area contributed by atoms with Crippen LogP contribution in [0.4, 0.5) is 9.18 Å². The Morgan fingerprint density at radius 1 is 1.23 bits per heavy atom. The van der Waals surface area contributed by atoms with E-state index in [4.69, 9.17) is 0 Å². The van der Waals surface area contributed by atoms with Crippen LogP contribution in [-0.2, 0) is 6.54 Å². The van der Waals surface area contributed by atoms with Gasteiger partial charge in [0.15, 0.2) is 0 Å². The lowest BCUT2D eigenvalue weighted by atomic mass is 10.1. The van der Waals surface area contributed by atoms with Gasteiger partial charge < -0.3 is 15.5 Å². The molecule has 0 aliphatic carbocycles. The van der Waals surface area contributed by atoms with Gasteiger partial charge in [-0.2, -0.15) is 11.3 Å². The minimum absolute atomic E-state index is 0.142. The van der Waals surface area contributed by atoms with Gasteiger partial charge in [0, 0.05) is 13.1 Å². The van der Waals surface area contributed by atoms with Gasteiger partial charge in [-0.15, -0.1) is 0 Å². The fourth-order valence-corrected chi connectivity index (χ4v) is 2.81. The second-order valence-corrected chi connectivity index (χ2v) is 6.01. The first-order chi connectivity index (χ1) is 10.6. The fraction of sp³-hybridized carbons (Fsp3) is 0.312. The van der Waals surface area contributed by atoms with Crippen molar-refractivity contribution >= 4 is 17.4 Å².